The number of aryl methyl sites for hydroxylation is 1. The molecule has 2 atom stereocenters. The van der Waals surface area contributed by atoms with E-state index in [1.165, 1.54) is 35.1 Å². The second kappa shape index (κ2) is 10.2. The van der Waals surface area contributed by atoms with Crippen molar-refractivity contribution in [1.82, 2.24) is 0 Å². The Morgan fingerprint density at radius 3 is 2.43 bits per heavy atom. The van der Waals surface area contributed by atoms with E-state index in [1.54, 1.807) is 0 Å². The number of phenols is 1. The minimum atomic E-state index is 0.282. The Balaban J connectivity index is 1.58. The Bertz CT molecular complexity index is 937. The Kier molecular flexibility index (Phi) is 7.11. The summed E-state index contributed by atoms with van der Waals surface area (Å²) in [6.07, 6.45) is 5.54. The summed E-state index contributed by atoms with van der Waals surface area (Å²) in [5.41, 5.74) is 5.28. The molecule has 1 N–H and O–H groups in total. The molecule has 1 aliphatic carbocycles. The van der Waals surface area contributed by atoms with E-state index in [9.17, 15) is 5.11 Å². The van der Waals surface area contributed by atoms with Gasteiger partial charge in [-0.2, -0.15) is 0 Å². The van der Waals surface area contributed by atoms with Crippen LogP contribution in [0.15, 0.2) is 72.8 Å². The fourth-order valence-electron chi connectivity index (χ4n) is 4.61. The molecule has 1 aliphatic rings. The van der Waals surface area contributed by atoms with E-state index in [1.807, 2.05) is 12.1 Å². The van der Waals surface area contributed by atoms with Gasteiger partial charge in [-0.15, -0.1) is 0 Å². The zero-order valence-electron chi connectivity index (χ0n) is 17.3. The Hall–Kier alpha value is -2.26. The predicted molar refractivity (Wildman–Crippen MR) is 127 cm³/mol. The van der Waals surface area contributed by atoms with Gasteiger partial charge in [0.15, 0.2) is 0 Å². The summed E-state index contributed by atoms with van der Waals surface area (Å²) in [5, 5.41) is 11.0. The highest BCUT2D eigenvalue weighted by Crippen LogP contribution is 2.47. The number of rotatable bonds is 8. The minimum absolute atomic E-state index is 0.282. The summed E-state index contributed by atoms with van der Waals surface area (Å²) in [5.74, 6) is 2.01. The lowest BCUT2D eigenvalue weighted by Gasteiger charge is -2.34. The van der Waals surface area contributed by atoms with Crippen molar-refractivity contribution in [2.45, 2.75) is 43.9 Å². The molecule has 0 saturated carbocycles. The molecule has 2 nitrogen and oxygen atoms in total. The summed E-state index contributed by atoms with van der Waals surface area (Å²) < 4.78 is 5.94. The predicted octanol–water partition coefficient (Wildman–Crippen LogP) is 7.20. The van der Waals surface area contributed by atoms with Crippen molar-refractivity contribution in [2.24, 2.45) is 0 Å². The number of unbranched alkanes of at least 4 members (excludes halogenated alkanes) is 2. The maximum Gasteiger partial charge on any atom is 0.119 e. The number of ether oxygens (including phenoxy) is 1. The van der Waals surface area contributed by atoms with Gasteiger partial charge < -0.3 is 9.84 Å². The average Bonchev–Trinajstić information content (AvgIpc) is 2.79. The average molecular weight is 465 g/mol. The van der Waals surface area contributed by atoms with Gasteiger partial charge >= 0.3 is 0 Å². The standard InChI is InChI=1S/C27H29BrO2/c28-17-5-2-6-18-30-24-13-9-21(10-14-24)27-25(20-7-3-1-4-8-20)15-11-22-19-23(29)12-16-26(22)27/h1,3-4,7-10,12-14,16,19,25,27,29H,2,5-6,11,15,17-18H2/t25?,27-/m0/s1. The second-order valence-corrected chi connectivity index (χ2v) is 8.88. The Morgan fingerprint density at radius 2 is 1.67 bits per heavy atom. The second-order valence-electron chi connectivity index (χ2n) is 8.08. The summed E-state index contributed by atoms with van der Waals surface area (Å²) >= 11 is 3.47. The molecular formula is C27H29BrO2. The SMILES string of the molecule is Oc1ccc2c(c1)CCC(c1ccccc1)[C@@H]2c1ccc(OCCCCCBr)cc1. The highest BCUT2D eigenvalue weighted by molar-refractivity contribution is 9.09. The minimum Gasteiger partial charge on any atom is -0.508 e. The Labute approximate surface area is 188 Å². The molecule has 0 amide bonds. The lowest BCUT2D eigenvalue weighted by atomic mass is 9.69. The summed E-state index contributed by atoms with van der Waals surface area (Å²) in [4.78, 5) is 0. The van der Waals surface area contributed by atoms with Crippen LogP contribution in [0.3, 0.4) is 0 Å². The third-order valence-corrected chi connectivity index (χ3v) is 6.66. The highest BCUT2D eigenvalue weighted by Gasteiger charge is 2.32. The highest BCUT2D eigenvalue weighted by atomic mass is 79.9. The summed E-state index contributed by atoms with van der Waals surface area (Å²) in [7, 11) is 0. The van der Waals surface area contributed by atoms with Crippen LogP contribution in [0.25, 0.3) is 0 Å². The lowest BCUT2D eigenvalue weighted by molar-refractivity contribution is 0.306. The molecule has 4 rings (SSSR count). The molecule has 30 heavy (non-hydrogen) atoms. The quantitative estimate of drug-likeness (QED) is 0.282. The molecule has 0 aliphatic heterocycles. The number of alkyl halides is 1. The van der Waals surface area contributed by atoms with Crippen LogP contribution in [-0.2, 0) is 6.42 Å². The first kappa shape index (κ1) is 21.0. The van der Waals surface area contributed by atoms with Gasteiger partial charge in [0, 0.05) is 11.2 Å². The van der Waals surface area contributed by atoms with Crippen molar-refractivity contribution >= 4 is 15.9 Å². The monoisotopic (exact) mass is 464 g/mol. The topological polar surface area (TPSA) is 29.5 Å². The van der Waals surface area contributed by atoms with Crippen molar-refractivity contribution in [3.05, 3.63) is 95.1 Å². The van der Waals surface area contributed by atoms with Crippen LogP contribution < -0.4 is 4.74 Å². The lowest BCUT2D eigenvalue weighted by Crippen LogP contribution is -2.20. The van der Waals surface area contributed by atoms with E-state index < -0.39 is 0 Å². The summed E-state index contributed by atoms with van der Waals surface area (Å²) in [6.45, 7) is 0.768. The molecule has 0 fully saturated rings. The fourth-order valence-corrected chi connectivity index (χ4v) is 5.01. The first-order chi connectivity index (χ1) is 14.8. The van der Waals surface area contributed by atoms with Crippen molar-refractivity contribution < 1.29 is 9.84 Å². The molecule has 0 heterocycles. The number of fused-ring (bicyclic) bond motifs is 1. The number of benzene rings is 3. The van der Waals surface area contributed by atoms with Crippen LogP contribution in [0.4, 0.5) is 0 Å². The van der Waals surface area contributed by atoms with Crippen molar-refractivity contribution in [2.75, 3.05) is 11.9 Å². The smallest absolute Gasteiger partial charge is 0.119 e. The zero-order valence-corrected chi connectivity index (χ0v) is 18.9. The fraction of sp³-hybridized carbons (Fsp3) is 0.333. The van der Waals surface area contributed by atoms with Gasteiger partial charge in [0.1, 0.15) is 11.5 Å². The van der Waals surface area contributed by atoms with Gasteiger partial charge in [-0.1, -0.05) is 64.5 Å². The molecule has 0 radical (unpaired) electrons. The number of aromatic hydroxyl groups is 1. The van der Waals surface area contributed by atoms with Crippen LogP contribution in [0.5, 0.6) is 11.5 Å². The van der Waals surface area contributed by atoms with E-state index in [2.05, 4.69) is 76.6 Å². The van der Waals surface area contributed by atoms with E-state index in [4.69, 9.17) is 4.74 Å². The summed E-state index contributed by atoms with van der Waals surface area (Å²) in [6, 6.07) is 25.4. The molecule has 0 saturated heterocycles. The van der Waals surface area contributed by atoms with Gasteiger partial charge in [-0.3, -0.25) is 0 Å². The van der Waals surface area contributed by atoms with Gasteiger partial charge in [0.25, 0.3) is 0 Å². The molecule has 1 unspecified atom stereocenters. The molecule has 3 aromatic carbocycles. The van der Waals surface area contributed by atoms with Crippen molar-refractivity contribution in [1.29, 1.82) is 0 Å². The van der Waals surface area contributed by atoms with E-state index in [0.717, 1.165) is 36.9 Å². The molecule has 156 valence electrons. The van der Waals surface area contributed by atoms with Crippen LogP contribution in [0.2, 0.25) is 0 Å². The number of halogens is 1. The van der Waals surface area contributed by atoms with Crippen LogP contribution in [0.1, 0.15) is 59.8 Å². The van der Waals surface area contributed by atoms with Crippen molar-refractivity contribution in [3.63, 3.8) is 0 Å². The van der Waals surface area contributed by atoms with Crippen molar-refractivity contribution in [3.8, 4) is 11.5 Å². The third-order valence-electron chi connectivity index (χ3n) is 6.10. The van der Waals surface area contributed by atoms with Gasteiger partial charge in [0.2, 0.25) is 0 Å². The molecule has 0 bridgehead atoms. The van der Waals surface area contributed by atoms with Gasteiger partial charge in [-0.05, 0) is 84.5 Å². The maximum absolute atomic E-state index is 9.98. The van der Waals surface area contributed by atoms with E-state index >= 15 is 0 Å². The molecular weight excluding hydrogens is 436 g/mol. The van der Waals surface area contributed by atoms with Gasteiger partial charge in [-0.25, -0.2) is 0 Å². The number of phenolic OH excluding ortho intramolecular Hbond substituents is 1. The Morgan fingerprint density at radius 1 is 0.867 bits per heavy atom. The van der Waals surface area contributed by atoms with E-state index in [0.29, 0.717) is 11.7 Å². The normalized spacial score (nSPS) is 18.0. The largest absolute Gasteiger partial charge is 0.508 e. The molecule has 0 aromatic heterocycles. The van der Waals surface area contributed by atoms with E-state index in [-0.39, 0.29) is 5.92 Å². The molecule has 0 spiro atoms. The zero-order chi connectivity index (χ0) is 20.8. The van der Waals surface area contributed by atoms with Gasteiger partial charge in [0.05, 0.1) is 6.61 Å². The van der Waals surface area contributed by atoms with Crippen LogP contribution in [0, 0.1) is 0 Å². The van der Waals surface area contributed by atoms with Crippen LogP contribution >= 0.6 is 15.9 Å². The number of hydrogen-bond acceptors (Lipinski definition) is 2. The maximum atomic E-state index is 9.98. The van der Waals surface area contributed by atoms with Crippen LogP contribution in [-0.4, -0.2) is 17.0 Å². The first-order valence-corrected chi connectivity index (χ1v) is 12.0. The third kappa shape index (κ3) is 4.89. The first-order valence-electron chi connectivity index (χ1n) is 10.9. The molecule has 3 aromatic rings. The molecule has 3 heteroatoms. The number of hydrogen-bond donors (Lipinski definition) is 1.